The molecule has 6 heteroatoms. The van der Waals surface area contributed by atoms with E-state index in [4.69, 9.17) is 0 Å². The predicted molar refractivity (Wildman–Crippen MR) is 68.1 cm³/mol. The number of imidazole rings is 1. The molecule has 1 aromatic heterocycles. The van der Waals surface area contributed by atoms with Gasteiger partial charge in [0, 0.05) is 12.8 Å². The molecule has 2 rings (SSSR count). The van der Waals surface area contributed by atoms with Gasteiger partial charge in [-0.3, -0.25) is 0 Å². The molecule has 1 saturated heterocycles. The van der Waals surface area contributed by atoms with Gasteiger partial charge in [-0.05, 0) is 17.8 Å². The number of unbranched alkanes of at least 4 members (excludes halogenated alkanes) is 1. The molecule has 0 radical (unpaired) electrons. The van der Waals surface area contributed by atoms with Crippen LogP contribution < -0.4 is 0 Å². The maximum Gasteiger partial charge on any atom is 0.434 e. The van der Waals surface area contributed by atoms with Crippen molar-refractivity contribution in [1.29, 1.82) is 0 Å². The molecule has 0 N–H and O–H groups in total. The fourth-order valence-electron chi connectivity index (χ4n) is 2.75. The highest BCUT2D eigenvalue weighted by molar-refractivity contribution is 5.06. The molecule has 1 fully saturated rings. The number of rotatable bonds is 6. The minimum atomic E-state index is -0.422. The number of hydrogen-bond donors (Lipinski definition) is 0. The second-order valence-electron chi connectivity index (χ2n) is 5.38. The standard InChI is InChI=1S/C12H21N4O2/c1-16(10-4-5-11-16)9-3-2-7-14-8-6-13-12(14)15(17)18/h6,8H,2-5,7,9-11H2,1H3/q+1. The Labute approximate surface area is 107 Å². The summed E-state index contributed by atoms with van der Waals surface area (Å²) < 4.78 is 2.80. The number of nitro groups is 1. The summed E-state index contributed by atoms with van der Waals surface area (Å²) in [5.74, 6) is -0.0448. The van der Waals surface area contributed by atoms with Gasteiger partial charge in [0.1, 0.15) is 12.4 Å². The number of aromatic nitrogens is 2. The molecule has 1 aliphatic rings. The maximum atomic E-state index is 10.7. The number of likely N-dealkylation sites (tertiary alicyclic amines) is 1. The van der Waals surface area contributed by atoms with Crippen LogP contribution in [0.3, 0.4) is 0 Å². The van der Waals surface area contributed by atoms with Crippen molar-refractivity contribution in [1.82, 2.24) is 9.55 Å². The summed E-state index contributed by atoms with van der Waals surface area (Å²) in [6, 6.07) is 0. The molecule has 0 bridgehead atoms. The SMILES string of the molecule is C[N+]1(CCCCn2ccnc2[N+](=O)[O-])CCCC1. The third-order valence-corrected chi connectivity index (χ3v) is 3.85. The van der Waals surface area contributed by atoms with Crippen LogP contribution in [0.1, 0.15) is 25.7 Å². The summed E-state index contributed by atoms with van der Waals surface area (Å²) in [4.78, 5) is 14.0. The first-order valence-corrected chi connectivity index (χ1v) is 6.60. The van der Waals surface area contributed by atoms with Crippen LogP contribution in [0.4, 0.5) is 5.95 Å². The molecule has 0 unspecified atom stereocenters. The van der Waals surface area contributed by atoms with Crippen molar-refractivity contribution in [3.05, 3.63) is 22.5 Å². The van der Waals surface area contributed by atoms with E-state index in [1.54, 1.807) is 10.8 Å². The quantitative estimate of drug-likeness (QED) is 0.336. The van der Waals surface area contributed by atoms with E-state index in [1.165, 1.54) is 43.2 Å². The predicted octanol–water partition coefficient (Wildman–Crippen LogP) is 1.81. The molecule has 6 nitrogen and oxygen atoms in total. The molecular formula is C12H21N4O2+. The monoisotopic (exact) mass is 253 g/mol. The molecule has 1 aromatic rings. The molecule has 0 atom stereocenters. The normalized spacial score (nSPS) is 18.1. The van der Waals surface area contributed by atoms with Gasteiger partial charge in [0.05, 0.1) is 33.2 Å². The summed E-state index contributed by atoms with van der Waals surface area (Å²) >= 11 is 0. The van der Waals surface area contributed by atoms with Gasteiger partial charge in [0.25, 0.3) is 0 Å². The van der Waals surface area contributed by atoms with Crippen molar-refractivity contribution < 1.29 is 9.41 Å². The Bertz CT molecular complexity index is 410. The van der Waals surface area contributed by atoms with Crippen molar-refractivity contribution >= 4 is 5.95 Å². The molecular weight excluding hydrogens is 232 g/mol. The second-order valence-corrected chi connectivity index (χ2v) is 5.38. The average Bonchev–Trinajstić information content (AvgIpc) is 2.94. The van der Waals surface area contributed by atoms with Gasteiger partial charge < -0.3 is 14.6 Å². The van der Waals surface area contributed by atoms with E-state index in [2.05, 4.69) is 12.0 Å². The van der Waals surface area contributed by atoms with Crippen LogP contribution in [0.15, 0.2) is 12.4 Å². The smallest absolute Gasteiger partial charge is 0.390 e. The highest BCUT2D eigenvalue weighted by atomic mass is 16.6. The zero-order valence-electron chi connectivity index (χ0n) is 10.9. The number of hydrogen-bond acceptors (Lipinski definition) is 3. The second kappa shape index (κ2) is 5.48. The number of nitrogens with zero attached hydrogens (tertiary/aromatic N) is 4. The third kappa shape index (κ3) is 3.07. The maximum absolute atomic E-state index is 10.7. The first-order chi connectivity index (χ1) is 8.61. The van der Waals surface area contributed by atoms with Gasteiger partial charge in [-0.25, -0.2) is 4.57 Å². The molecule has 2 heterocycles. The Balaban J connectivity index is 1.75. The molecule has 0 spiro atoms. The van der Waals surface area contributed by atoms with Crippen LogP contribution in [-0.2, 0) is 6.54 Å². The van der Waals surface area contributed by atoms with E-state index in [0.29, 0.717) is 6.54 Å². The first kappa shape index (κ1) is 13.0. The lowest BCUT2D eigenvalue weighted by Crippen LogP contribution is -2.41. The molecule has 100 valence electrons. The van der Waals surface area contributed by atoms with E-state index < -0.39 is 4.92 Å². The van der Waals surface area contributed by atoms with E-state index in [1.807, 2.05) is 0 Å². The fourth-order valence-corrected chi connectivity index (χ4v) is 2.75. The molecule has 0 aromatic carbocycles. The van der Waals surface area contributed by atoms with E-state index in [9.17, 15) is 10.1 Å². The fraction of sp³-hybridized carbons (Fsp3) is 0.750. The molecule has 1 aliphatic heterocycles. The first-order valence-electron chi connectivity index (χ1n) is 6.60. The Hall–Kier alpha value is -1.43. The zero-order chi connectivity index (χ0) is 13.0. The Morgan fingerprint density at radius 1 is 1.44 bits per heavy atom. The van der Waals surface area contributed by atoms with Crippen LogP contribution in [0.2, 0.25) is 0 Å². The van der Waals surface area contributed by atoms with Crippen molar-refractivity contribution in [3.63, 3.8) is 0 Å². The minimum Gasteiger partial charge on any atom is -0.390 e. The summed E-state index contributed by atoms with van der Waals surface area (Å²) in [7, 11) is 2.31. The van der Waals surface area contributed by atoms with Gasteiger partial charge in [0.15, 0.2) is 0 Å². The Morgan fingerprint density at radius 2 is 2.17 bits per heavy atom. The van der Waals surface area contributed by atoms with Crippen LogP contribution in [0.25, 0.3) is 0 Å². The largest absolute Gasteiger partial charge is 0.434 e. The van der Waals surface area contributed by atoms with Gasteiger partial charge in [-0.1, -0.05) is 4.98 Å². The lowest BCUT2D eigenvalue weighted by molar-refractivity contribution is -0.897. The summed E-state index contributed by atoms with van der Waals surface area (Å²) in [6.07, 6.45) is 7.95. The highest BCUT2D eigenvalue weighted by Gasteiger charge is 2.25. The minimum absolute atomic E-state index is 0.0448. The molecule has 0 aliphatic carbocycles. The lowest BCUT2D eigenvalue weighted by Gasteiger charge is -2.28. The Morgan fingerprint density at radius 3 is 2.83 bits per heavy atom. The lowest BCUT2D eigenvalue weighted by atomic mass is 10.2. The zero-order valence-corrected chi connectivity index (χ0v) is 10.9. The summed E-state index contributed by atoms with van der Waals surface area (Å²) in [6.45, 7) is 4.44. The van der Waals surface area contributed by atoms with E-state index >= 15 is 0 Å². The average molecular weight is 253 g/mol. The van der Waals surface area contributed by atoms with Crippen molar-refractivity contribution in [2.45, 2.75) is 32.2 Å². The topological polar surface area (TPSA) is 61.0 Å². The van der Waals surface area contributed by atoms with Crippen LogP contribution in [-0.4, -0.2) is 45.6 Å². The van der Waals surface area contributed by atoms with Gasteiger partial charge in [0.2, 0.25) is 0 Å². The van der Waals surface area contributed by atoms with Crippen molar-refractivity contribution in [2.75, 3.05) is 26.7 Å². The van der Waals surface area contributed by atoms with Gasteiger partial charge in [-0.2, -0.15) is 0 Å². The van der Waals surface area contributed by atoms with Crippen molar-refractivity contribution in [2.24, 2.45) is 0 Å². The van der Waals surface area contributed by atoms with Gasteiger partial charge in [-0.15, -0.1) is 0 Å². The number of quaternary nitrogens is 1. The van der Waals surface area contributed by atoms with E-state index in [-0.39, 0.29) is 5.95 Å². The molecule has 0 saturated carbocycles. The Kier molecular flexibility index (Phi) is 3.96. The van der Waals surface area contributed by atoms with Crippen LogP contribution in [0.5, 0.6) is 0 Å². The summed E-state index contributed by atoms with van der Waals surface area (Å²) in [5.41, 5.74) is 0. The third-order valence-electron chi connectivity index (χ3n) is 3.85. The molecule has 0 amide bonds. The van der Waals surface area contributed by atoms with Crippen molar-refractivity contribution in [3.8, 4) is 0 Å². The molecule has 18 heavy (non-hydrogen) atoms. The van der Waals surface area contributed by atoms with Crippen LogP contribution in [0, 0.1) is 10.1 Å². The van der Waals surface area contributed by atoms with E-state index in [0.717, 1.165) is 12.8 Å². The summed E-state index contributed by atoms with van der Waals surface area (Å²) in [5, 5.41) is 10.7. The van der Waals surface area contributed by atoms with Gasteiger partial charge >= 0.3 is 5.95 Å². The number of aryl methyl sites for hydroxylation is 1. The highest BCUT2D eigenvalue weighted by Crippen LogP contribution is 2.17. The van der Waals surface area contributed by atoms with Crippen LogP contribution >= 0.6 is 0 Å².